The molecule has 0 radical (unpaired) electrons. The maximum Gasteiger partial charge on any atom is 0.207 e. The quantitative estimate of drug-likeness (QED) is 0.751. The Morgan fingerprint density at radius 1 is 1.26 bits per heavy atom. The Labute approximate surface area is 165 Å². The number of benzene rings is 1. The first kappa shape index (κ1) is 19.2. The van der Waals surface area contributed by atoms with E-state index in [4.69, 9.17) is 16.0 Å². The minimum absolute atomic E-state index is 0. The predicted molar refractivity (Wildman–Crippen MR) is 109 cm³/mol. The number of nitrogens with zero attached hydrogens (tertiary/aromatic N) is 5. The second-order valence-corrected chi connectivity index (χ2v) is 6.88. The van der Waals surface area contributed by atoms with Gasteiger partial charge in [0.05, 0.1) is 28.3 Å². The van der Waals surface area contributed by atoms with E-state index in [1.54, 1.807) is 6.20 Å². The molecule has 140 valence electrons. The summed E-state index contributed by atoms with van der Waals surface area (Å²) >= 11 is 0. The molecule has 0 aliphatic carbocycles. The van der Waals surface area contributed by atoms with E-state index in [1.165, 1.54) is 0 Å². The van der Waals surface area contributed by atoms with Gasteiger partial charge in [0.15, 0.2) is 0 Å². The fraction of sp³-hybridized carbons (Fsp3) is 0.350. The van der Waals surface area contributed by atoms with Crippen molar-refractivity contribution in [3.05, 3.63) is 53.9 Å². The van der Waals surface area contributed by atoms with Crippen molar-refractivity contribution in [2.75, 3.05) is 18.0 Å². The molecule has 2 aromatic heterocycles. The Bertz CT molecular complexity index is 959. The van der Waals surface area contributed by atoms with E-state index in [-0.39, 0.29) is 24.5 Å². The number of rotatable bonds is 3. The topological polar surface area (TPSA) is 83.8 Å². The average Bonchev–Trinajstić information content (AvgIpc) is 3.07. The van der Waals surface area contributed by atoms with Crippen LogP contribution in [0, 0.1) is 11.3 Å². The molecule has 0 saturated carbocycles. The standard InChI is InChI=1S/C20H22N6.ClH/c1-14(17-9-8-15(11-21)12-23-17)26-19-7-3-2-6-18(19)24-20(26)25-10-4-5-16(22)13-25;/h2-3,6-9,12,14,16H,4-5,10,13,22H2,1H3;1H/t14?,16-;/m0./s1. The lowest BCUT2D eigenvalue weighted by Crippen LogP contribution is -2.44. The molecule has 27 heavy (non-hydrogen) atoms. The van der Waals surface area contributed by atoms with E-state index in [0.717, 1.165) is 48.6 Å². The molecule has 0 amide bonds. The van der Waals surface area contributed by atoms with Crippen LogP contribution in [0.4, 0.5) is 5.95 Å². The highest BCUT2D eigenvalue weighted by atomic mass is 35.5. The number of hydrogen-bond acceptors (Lipinski definition) is 5. The van der Waals surface area contributed by atoms with Gasteiger partial charge >= 0.3 is 0 Å². The van der Waals surface area contributed by atoms with Crippen LogP contribution in [-0.2, 0) is 0 Å². The maximum absolute atomic E-state index is 9.01. The van der Waals surface area contributed by atoms with E-state index < -0.39 is 0 Å². The Morgan fingerprint density at radius 2 is 2.07 bits per heavy atom. The summed E-state index contributed by atoms with van der Waals surface area (Å²) in [5.41, 5.74) is 9.74. The monoisotopic (exact) mass is 382 g/mol. The van der Waals surface area contributed by atoms with Gasteiger partial charge in [0.2, 0.25) is 5.95 Å². The molecule has 1 saturated heterocycles. The highest BCUT2D eigenvalue weighted by Gasteiger charge is 2.25. The van der Waals surface area contributed by atoms with Gasteiger partial charge in [-0.2, -0.15) is 5.26 Å². The SMILES string of the molecule is CC(c1ccc(C#N)cn1)n1c(N2CCC[C@H](N)C2)nc2ccccc21.Cl. The van der Waals surface area contributed by atoms with Gasteiger partial charge in [0.1, 0.15) is 6.07 Å². The molecule has 3 heterocycles. The Hall–Kier alpha value is -2.62. The first-order valence-corrected chi connectivity index (χ1v) is 9.01. The third kappa shape index (κ3) is 3.61. The lowest BCUT2D eigenvalue weighted by Gasteiger charge is -2.33. The second kappa shape index (κ2) is 7.95. The molecule has 3 aromatic rings. The molecule has 1 aliphatic rings. The zero-order valence-corrected chi connectivity index (χ0v) is 16.1. The van der Waals surface area contributed by atoms with Gasteiger partial charge < -0.3 is 15.2 Å². The lowest BCUT2D eigenvalue weighted by atomic mass is 10.1. The highest BCUT2D eigenvalue weighted by Crippen LogP contribution is 2.31. The maximum atomic E-state index is 9.01. The van der Waals surface area contributed by atoms with Gasteiger partial charge in [0, 0.05) is 25.3 Å². The fourth-order valence-corrected chi connectivity index (χ4v) is 3.68. The zero-order chi connectivity index (χ0) is 18.1. The largest absolute Gasteiger partial charge is 0.341 e. The van der Waals surface area contributed by atoms with Crippen LogP contribution in [0.25, 0.3) is 11.0 Å². The summed E-state index contributed by atoms with van der Waals surface area (Å²) in [6.45, 7) is 3.90. The summed E-state index contributed by atoms with van der Waals surface area (Å²) in [7, 11) is 0. The second-order valence-electron chi connectivity index (χ2n) is 6.88. The molecule has 0 spiro atoms. The molecule has 1 aliphatic heterocycles. The van der Waals surface area contributed by atoms with Gasteiger partial charge in [-0.15, -0.1) is 12.4 Å². The summed E-state index contributed by atoms with van der Waals surface area (Å²) < 4.78 is 2.24. The molecule has 7 heteroatoms. The number of piperidine rings is 1. The van der Waals surface area contributed by atoms with Crippen LogP contribution in [0.15, 0.2) is 42.6 Å². The predicted octanol–water partition coefficient (Wildman–Crippen LogP) is 3.26. The first-order valence-electron chi connectivity index (χ1n) is 9.01. The van der Waals surface area contributed by atoms with Crippen LogP contribution in [0.1, 0.15) is 37.1 Å². The van der Waals surface area contributed by atoms with Gasteiger partial charge in [-0.05, 0) is 44.0 Å². The summed E-state index contributed by atoms with van der Waals surface area (Å²) in [6.07, 6.45) is 3.76. The minimum Gasteiger partial charge on any atom is -0.341 e. The van der Waals surface area contributed by atoms with Crippen molar-refractivity contribution in [2.24, 2.45) is 5.73 Å². The third-order valence-electron chi connectivity index (χ3n) is 5.05. The Morgan fingerprint density at radius 3 is 2.78 bits per heavy atom. The number of halogens is 1. The zero-order valence-electron chi connectivity index (χ0n) is 15.2. The van der Waals surface area contributed by atoms with E-state index in [1.807, 2.05) is 30.3 Å². The molecule has 1 unspecified atom stereocenters. The molecule has 6 nitrogen and oxygen atoms in total. The number of anilines is 1. The highest BCUT2D eigenvalue weighted by molar-refractivity contribution is 5.85. The van der Waals surface area contributed by atoms with Gasteiger partial charge in [-0.1, -0.05) is 12.1 Å². The summed E-state index contributed by atoms with van der Waals surface area (Å²) in [4.78, 5) is 11.7. The number of hydrogen-bond donors (Lipinski definition) is 1. The van der Waals surface area contributed by atoms with Crippen LogP contribution >= 0.6 is 12.4 Å². The molecule has 4 rings (SSSR count). The number of imidazole rings is 1. The van der Waals surface area contributed by atoms with Crippen LogP contribution < -0.4 is 10.6 Å². The number of aromatic nitrogens is 3. The van der Waals surface area contributed by atoms with Crippen molar-refractivity contribution in [1.82, 2.24) is 14.5 Å². The molecule has 2 atom stereocenters. The van der Waals surface area contributed by atoms with E-state index in [9.17, 15) is 0 Å². The average molecular weight is 383 g/mol. The van der Waals surface area contributed by atoms with Crippen molar-refractivity contribution in [3.8, 4) is 6.07 Å². The molecule has 0 bridgehead atoms. The van der Waals surface area contributed by atoms with Crippen LogP contribution in [0.2, 0.25) is 0 Å². The Balaban J connectivity index is 0.00000210. The Kier molecular flexibility index (Phi) is 5.64. The van der Waals surface area contributed by atoms with Crippen LogP contribution in [-0.4, -0.2) is 33.7 Å². The number of nitriles is 1. The van der Waals surface area contributed by atoms with E-state index in [2.05, 4.69) is 33.5 Å². The van der Waals surface area contributed by atoms with E-state index >= 15 is 0 Å². The normalized spacial score (nSPS) is 18.0. The van der Waals surface area contributed by atoms with Gasteiger partial charge in [0.25, 0.3) is 0 Å². The fourth-order valence-electron chi connectivity index (χ4n) is 3.68. The number of pyridine rings is 1. The molecular formula is C20H23ClN6. The molecular weight excluding hydrogens is 360 g/mol. The van der Waals surface area contributed by atoms with Gasteiger partial charge in [-0.3, -0.25) is 4.98 Å². The van der Waals surface area contributed by atoms with Crippen LogP contribution in [0.5, 0.6) is 0 Å². The smallest absolute Gasteiger partial charge is 0.207 e. The van der Waals surface area contributed by atoms with Crippen molar-refractivity contribution in [2.45, 2.75) is 31.8 Å². The van der Waals surface area contributed by atoms with Crippen molar-refractivity contribution < 1.29 is 0 Å². The summed E-state index contributed by atoms with van der Waals surface area (Å²) in [5, 5.41) is 9.01. The third-order valence-corrected chi connectivity index (χ3v) is 5.05. The molecule has 1 fully saturated rings. The number of para-hydroxylation sites is 2. The molecule has 2 N–H and O–H groups in total. The van der Waals surface area contributed by atoms with E-state index in [0.29, 0.717) is 5.56 Å². The number of nitrogens with two attached hydrogens (primary N) is 1. The van der Waals surface area contributed by atoms with Crippen LogP contribution in [0.3, 0.4) is 0 Å². The first-order chi connectivity index (χ1) is 12.7. The summed E-state index contributed by atoms with van der Waals surface area (Å²) in [6, 6.07) is 14.2. The van der Waals surface area contributed by atoms with Crippen molar-refractivity contribution in [3.63, 3.8) is 0 Å². The molecule has 1 aromatic carbocycles. The van der Waals surface area contributed by atoms with Crippen molar-refractivity contribution in [1.29, 1.82) is 5.26 Å². The van der Waals surface area contributed by atoms with Gasteiger partial charge in [-0.25, -0.2) is 4.98 Å². The summed E-state index contributed by atoms with van der Waals surface area (Å²) in [5.74, 6) is 0.944. The minimum atomic E-state index is 0. The lowest BCUT2D eigenvalue weighted by molar-refractivity contribution is 0.489. The number of fused-ring (bicyclic) bond motifs is 1. The van der Waals surface area contributed by atoms with Crippen molar-refractivity contribution >= 4 is 29.4 Å².